The first-order valence-electron chi connectivity index (χ1n) is 9.25. The fraction of sp³-hybridized carbons (Fsp3) is 0.227. The lowest BCUT2D eigenvalue weighted by Gasteiger charge is -2.10. The van der Waals surface area contributed by atoms with Gasteiger partial charge in [0.25, 0.3) is 5.91 Å². The van der Waals surface area contributed by atoms with Gasteiger partial charge in [-0.1, -0.05) is 23.8 Å². The van der Waals surface area contributed by atoms with Gasteiger partial charge in [0.05, 0.1) is 14.2 Å². The van der Waals surface area contributed by atoms with Gasteiger partial charge in [-0.15, -0.1) is 0 Å². The first kappa shape index (κ1) is 20.1. The number of nitrogens with zero attached hydrogens (tertiary/aromatic N) is 2. The van der Waals surface area contributed by atoms with E-state index >= 15 is 0 Å². The van der Waals surface area contributed by atoms with Crippen molar-refractivity contribution in [3.63, 3.8) is 0 Å². The van der Waals surface area contributed by atoms with Crippen molar-refractivity contribution < 1.29 is 14.3 Å². The van der Waals surface area contributed by atoms with Crippen LogP contribution in [0.15, 0.2) is 54.7 Å². The van der Waals surface area contributed by atoms with Gasteiger partial charge in [-0.2, -0.15) is 0 Å². The number of amides is 1. The van der Waals surface area contributed by atoms with Crippen LogP contribution in [0.1, 0.15) is 21.6 Å². The van der Waals surface area contributed by atoms with Gasteiger partial charge >= 0.3 is 0 Å². The number of aromatic nitrogens is 2. The molecule has 0 aliphatic heterocycles. The maximum atomic E-state index is 12.4. The van der Waals surface area contributed by atoms with Crippen LogP contribution in [0, 0.1) is 6.92 Å². The number of nitrogens with one attached hydrogen (secondary N) is 2. The first-order valence-corrected chi connectivity index (χ1v) is 9.25. The Labute approximate surface area is 170 Å². The Kier molecular flexibility index (Phi) is 6.63. The van der Waals surface area contributed by atoms with Gasteiger partial charge in [0.1, 0.15) is 5.69 Å². The van der Waals surface area contributed by atoms with Gasteiger partial charge in [-0.05, 0) is 49.2 Å². The van der Waals surface area contributed by atoms with Crippen molar-refractivity contribution in [3.8, 4) is 11.5 Å². The number of rotatable bonds is 8. The van der Waals surface area contributed by atoms with E-state index in [4.69, 9.17) is 9.47 Å². The molecule has 7 heteroatoms. The van der Waals surface area contributed by atoms with E-state index in [0.717, 1.165) is 23.2 Å². The smallest absolute Gasteiger partial charge is 0.274 e. The molecule has 0 bridgehead atoms. The quantitative estimate of drug-likeness (QED) is 0.608. The molecule has 0 spiro atoms. The molecule has 0 aliphatic carbocycles. The van der Waals surface area contributed by atoms with Gasteiger partial charge in [-0.25, -0.2) is 9.97 Å². The van der Waals surface area contributed by atoms with Crippen molar-refractivity contribution in [2.75, 3.05) is 31.4 Å². The topological polar surface area (TPSA) is 85.4 Å². The van der Waals surface area contributed by atoms with E-state index in [-0.39, 0.29) is 5.91 Å². The fourth-order valence-electron chi connectivity index (χ4n) is 2.76. The largest absolute Gasteiger partial charge is 0.493 e. The molecule has 1 aromatic heterocycles. The second-order valence-corrected chi connectivity index (χ2v) is 6.45. The normalized spacial score (nSPS) is 10.3. The monoisotopic (exact) mass is 392 g/mol. The SMILES string of the molecule is COc1ccc(CCNc2nccc(C(=O)Nc3ccc(C)cc3)n2)cc1OC. The third-order valence-corrected chi connectivity index (χ3v) is 4.34. The highest BCUT2D eigenvalue weighted by Gasteiger charge is 2.10. The zero-order chi connectivity index (χ0) is 20.6. The van der Waals surface area contributed by atoms with Crippen molar-refractivity contribution in [2.24, 2.45) is 0 Å². The highest BCUT2D eigenvalue weighted by Crippen LogP contribution is 2.27. The van der Waals surface area contributed by atoms with Crippen LogP contribution >= 0.6 is 0 Å². The molecule has 0 fully saturated rings. The molecule has 150 valence electrons. The summed E-state index contributed by atoms with van der Waals surface area (Å²) >= 11 is 0. The highest BCUT2D eigenvalue weighted by atomic mass is 16.5. The van der Waals surface area contributed by atoms with Crippen molar-refractivity contribution in [1.82, 2.24) is 9.97 Å². The van der Waals surface area contributed by atoms with Crippen LogP contribution in [-0.4, -0.2) is 36.6 Å². The van der Waals surface area contributed by atoms with E-state index in [1.54, 1.807) is 26.5 Å². The molecule has 0 atom stereocenters. The predicted octanol–water partition coefficient (Wildman–Crippen LogP) is 3.71. The minimum atomic E-state index is -0.279. The number of ether oxygens (including phenoxy) is 2. The molecule has 7 nitrogen and oxygen atoms in total. The van der Waals surface area contributed by atoms with E-state index < -0.39 is 0 Å². The molecule has 0 saturated carbocycles. The van der Waals surface area contributed by atoms with Crippen molar-refractivity contribution in [3.05, 3.63) is 71.5 Å². The van der Waals surface area contributed by atoms with Crippen LogP contribution in [0.3, 0.4) is 0 Å². The van der Waals surface area contributed by atoms with E-state index in [1.807, 2.05) is 49.4 Å². The first-order chi connectivity index (χ1) is 14.1. The summed E-state index contributed by atoms with van der Waals surface area (Å²) in [6.07, 6.45) is 2.30. The van der Waals surface area contributed by atoms with Gasteiger partial charge in [0.2, 0.25) is 5.95 Å². The summed E-state index contributed by atoms with van der Waals surface area (Å²) in [4.78, 5) is 20.9. The minimum Gasteiger partial charge on any atom is -0.493 e. The van der Waals surface area contributed by atoms with E-state index in [2.05, 4.69) is 20.6 Å². The van der Waals surface area contributed by atoms with Crippen molar-refractivity contribution >= 4 is 17.5 Å². The van der Waals surface area contributed by atoms with Crippen LogP contribution in [0.2, 0.25) is 0 Å². The third kappa shape index (κ3) is 5.44. The average Bonchev–Trinajstić information content (AvgIpc) is 2.75. The Morgan fingerprint density at radius 2 is 1.76 bits per heavy atom. The second kappa shape index (κ2) is 9.54. The summed E-state index contributed by atoms with van der Waals surface area (Å²) in [5, 5.41) is 5.99. The number of benzene rings is 2. The molecular formula is C22H24N4O3. The van der Waals surface area contributed by atoms with Crippen LogP contribution in [0.5, 0.6) is 11.5 Å². The van der Waals surface area contributed by atoms with Crippen LogP contribution in [-0.2, 0) is 6.42 Å². The number of anilines is 2. The lowest BCUT2D eigenvalue weighted by molar-refractivity contribution is 0.102. The van der Waals surface area contributed by atoms with Crippen LogP contribution in [0.4, 0.5) is 11.6 Å². The van der Waals surface area contributed by atoms with Crippen molar-refractivity contribution in [2.45, 2.75) is 13.3 Å². The fourth-order valence-corrected chi connectivity index (χ4v) is 2.76. The molecule has 1 amide bonds. The van der Waals surface area contributed by atoms with Crippen molar-refractivity contribution in [1.29, 1.82) is 0 Å². The maximum absolute atomic E-state index is 12.4. The van der Waals surface area contributed by atoms with E-state index in [0.29, 0.717) is 29.7 Å². The maximum Gasteiger partial charge on any atom is 0.274 e. The number of aryl methyl sites for hydroxylation is 1. The van der Waals surface area contributed by atoms with Gasteiger partial charge in [0.15, 0.2) is 11.5 Å². The number of carbonyl (C=O) groups is 1. The predicted molar refractivity (Wildman–Crippen MR) is 113 cm³/mol. The summed E-state index contributed by atoms with van der Waals surface area (Å²) in [6.45, 7) is 2.61. The second-order valence-electron chi connectivity index (χ2n) is 6.45. The Morgan fingerprint density at radius 1 is 1.00 bits per heavy atom. The molecule has 0 radical (unpaired) electrons. The van der Waals surface area contributed by atoms with Crippen LogP contribution < -0.4 is 20.1 Å². The Hall–Kier alpha value is -3.61. The lowest BCUT2D eigenvalue weighted by Crippen LogP contribution is -2.16. The molecule has 2 N–H and O–H groups in total. The molecular weight excluding hydrogens is 368 g/mol. The summed E-state index contributed by atoms with van der Waals surface area (Å²) in [7, 11) is 3.22. The molecule has 29 heavy (non-hydrogen) atoms. The number of methoxy groups -OCH3 is 2. The molecule has 2 aromatic carbocycles. The number of hydrogen-bond donors (Lipinski definition) is 2. The molecule has 1 heterocycles. The number of carbonyl (C=O) groups excluding carboxylic acids is 1. The summed E-state index contributed by atoms with van der Waals surface area (Å²) in [5.74, 6) is 1.51. The lowest BCUT2D eigenvalue weighted by atomic mass is 10.1. The standard InChI is InChI=1S/C22H24N4O3/c1-15-4-7-17(8-5-15)25-21(27)18-11-13-24-22(26-18)23-12-10-16-6-9-19(28-2)20(14-16)29-3/h4-9,11,13-14H,10,12H2,1-3H3,(H,25,27)(H,23,24,26). The zero-order valence-corrected chi connectivity index (χ0v) is 16.7. The van der Waals surface area contributed by atoms with Gasteiger partial charge in [0, 0.05) is 18.4 Å². The summed E-state index contributed by atoms with van der Waals surface area (Å²) in [5.41, 5.74) is 3.24. The highest BCUT2D eigenvalue weighted by molar-refractivity contribution is 6.02. The molecule has 0 aliphatic rings. The van der Waals surface area contributed by atoms with Crippen LogP contribution in [0.25, 0.3) is 0 Å². The Bertz CT molecular complexity index is 974. The molecule has 0 saturated heterocycles. The molecule has 3 rings (SSSR count). The molecule has 0 unspecified atom stereocenters. The Morgan fingerprint density at radius 3 is 2.48 bits per heavy atom. The summed E-state index contributed by atoms with van der Waals surface area (Å²) in [6, 6.07) is 15.0. The third-order valence-electron chi connectivity index (χ3n) is 4.34. The minimum absolute atomic E-state index is 0.279. The number of hydrogen-bond acceptors (Lipinski definition) is 6. The van der Waals surface area contributed by atoms with Gasteiger partial charge in [-0.3, -0.25) is 4.79 Å². The zero-order valence-electron chi connectivity index (χ0n) is 16.7. The van der Waals surface area contributed by atoms with E-state index in [1.165, 1.54) is 0 Å². The van der Waals surface area contributed by atoms with E-state index in [9.17, 15) is 4.79 Å². The van der Waals surface area contributed by atoms with Gasteiger partial charge < -0.3 is 20.1 Å². The molecule has 3 aromatic rings. The average molecular weight is 392 g/mol. The summed E-state index contributed by atoms with van der Waals surface area (Å²) < 4.78 is 10.6. The Balaban J connectivity index is 1.58.